The van der Waals surface area contributed by atoms with Crippen molar-refractivity contribution in [3.8, 4) is 0 Å². The fourth-order valence-electron chi connectivity index (χ4n) is 3.67. The highest BCUT2D eigenvalue weighted by Crippen LogP contribution is 2.26. The van der Waals surface area contributed by atoms with Gasteiger partial charge in [0, 0.05) is 18.5 Å². The van der Waals surface area contributed by atoms with Gasteiger partial charge in [-0.2, -0.15) is 0 Å². The number of aliphatic hydroxyl groups is 1. The van der Waals surface area contributed by atoms with Crippen molar-refractivity contribution in [2.75, 3.05) is 13.2 Å². The Kier molecular flexibility index (Phi) is 9.88. The molecule has 0 bridgehead atoms. The van der Waals surface area contributed by atoms with Crippen LogP contribution in [0, 0.1) is 19.7 Å². The van der Waals surface area contributed by atoms with Crippen molar-refractivity contribution in [3.05, 3.63) is 70.5 Å². The van der Waals surface area contributed by atoms with Crippen LogP contribution in [0.25, 0.3) is 0 Å². The molecule has 0 aromatic heterocycles. The number of nitrogens with one attached hydrogen (secondary N) is 1. The van der Waals surface area contributed by atoms with Crippen LogP contribution in [0.2, 0.25) is 0 Å². The number of aliphatic carboxylic acids is 3. The molecule has 0 aliphatic carbocycles. The maximum atomic E-state index is 13.1. The molecule has 1 heterocycles. The van der Waals surface area contributed by atoms with Crippen molar-refractivity contribution in [3.63, 3.8) is 0 Å². The number of rotatable bonds is 9. The van der Waals surface area contributed by atoms with Gasteiger partial charge in [0.25, 0.3) is 0 Å². The van der Waals surface area contributed by atoms with Gasteiger partial charge < -0.3 is 30.5 Å². The van der Waals surface area contributed by atoms with Crippen molar-refractivity contribution in [1.29, 1.82) is 0 Å². The Hall–Kier alpha value is -3.34. The van der Waals surface area contributed by atoms with E-state index in [-0.39, 0.29) is 17.8 Å². The van der Waals surface area contributed by atoms with E-state index in [0.29, 0.717) is 13.2 Å². The standard InChI is InChI=1S/C19H22FNO.C6H8O7/c1-13-3-4-15(9-14(13)2)10-21-19-12-22-11-18(19)16-5-7-17(20)8-6-16;7-3(8)1-6(13,5(11)12)2-4(9)10/h3-9,18-19,21H,10-12H2,1-2H3;13H,1-2H2,(H,7,8)(H,9,10)(H,11,12)/t18-,19+;/m0./s1. The molecule has 0 radical (unpaired) electrons. The average molecular weight is 492 g/mol. The molecule has 1 aliphatic rings. The highest BCUT2D eigenvalue weighted by atomic mass is 19.1. The van der Waals surface area contributed by atoms with Gasteiger partial charge in [0.1, 0.15) is 5.82 Å². The van der Waals surface area contributed by atoms with Crippen LogP contribution in [0.4, 0.5) is 4.39 Å². The highest BCUT2D eigenvalue weighted by molar-refractivity contribution is 5.88. The molecular weight excluding hydrogens is 461 g/mol. The maximum absolute atomic E-state index is 13.1. The smallest absolute Gasteiger partial charge is 0.336 e. The molecule has 5 N–H and O–H groups in total. The number of carbonyl (C=O) groups is 3. The summed E-state index contributed by atoms with van der Waals surface area (Å²) in [7, 11) is 0. The Labute approximate surface area is 202 Å². The second kappa shape index (κ2) is 12.4. The lowest BCUT2D eigenvalue weighted by molar-refractivity contribution is -0.170. The molecule has 0 saturated carbocycles. The topological polar surface area (TPSA) is 153 Å². The van der Waals surface area contributed by atoms with E-state index in [2.05, 4.69) is 37.4 Å². The van der Waals surface area contributed by atoms with Crippen LogP contribution >= 0.6 is 0 Å². The van der Waals surface area contributed by atoms with Gasteiger partial charge >= 0.3 is 17.9 Å². The molecule has 2 aromatic carbocycles. The zero-order valence-electron chi connectivity index (χ0n) is 19.5. The lowest BCUT2D eigenvalue weighted by atomic mass is 9.94. The van der Waals surface area contributed by atoms with Crippen molar-refractivity contribution >= 4 is 17.9 Å². The SMILES string of the molecule is Cc1ccc(CN[C@@H]2COC[C@H]2c2ccc(F)cc2)cc1C.O=C(O)CC(O)(CC(=O)O)C(=O)O. The van der Waals surface area contributed by atoms with E-state index in [0.717, 1.165) is 12.1 Å². The van der Waals surface area contributed by atoms with Gasteiger partial charge in [-0.15, -0.1) is 0 Å². The van der Waals surface area contributed by atoms with Gasteiger partial charge in [-0.25, -0.2) is 9.18 Å². The number of carboxylic acids is 3. The molecule has 0 spiro atoms. The van der Waals surface area contributed by atoms with E-state index in [4.69, 9.17) is 25.2 Å². The molecule has 35 heavy (non-hydrogen) atoms. The third-order valence-corrected chi connectivity index (χ3v) is 5.80. The van der Waals surface area contributed by atoms with Crippen molar-refractivity contribution in [2.24, 2.45) is 0 Å². The van der Waals surface area contributed by atoms with E-state index in [1.807, 2.05) is 12.1 Å². The molecule has 3 rings (SSSR count). The minimum atomic E-state index is -2.74. The van der Waals surface area contributed by atoms with Crippen LogP contribution in [-0.4, -0.2) is 63.2 Å². The van der Waals surface area contributed by atoms with Gasteiger partial charge in [-0.1, -0.05) is 30.3 Å². The Morgan fingerprint density at radius 1 is 0.971 bits per heavy atom. The molecule has 1 fully saturated rings. The number of aryl methyl sites for hydroxylation is 2. The Bertz CT molecular complexity index is 1020. The van der Waals surface area contributed by atoms with E-state index >= 15 is 0 Å². The molecule has 190 valence electrons. The van der Waals surface area contributed by atoms with Gasteiger partial charge in [0.05, 0.1) is 26.1 Å². The van der Waals surface area contributed by atoms with Crippen molar-refractivity contribution < 1.29 is 43.9 Å². The largest absolute Gasteiger partial charge is 0.481 e. The van der Waals surface area contributed by atoms with Crippen molar-refractivity contribution in [2.45, 2.75) is 50.8 Å². The summed E-state index contributed by atoms with van der Waals surface area (Å²) < 4.78 is 18.7. The highest BCUT2D eigenvalue weighted by Gasteiger charge is 2.40. The number of ether oxygens (including phenoxy) is 1. The predicted octanol–water partition coefficient (Wildman–Crippen LogP) is 2.47. The van der Waals surface area contributed by atoms with Crippen LogP contribution < -0.4 is 5.32 Å². The average Bonchev–Trinajstić information content (AvgIpc) is 3.23. The summed E-state index contributed by atoms with van der Waals surface area (Å²) in [5.41, 5.74) is 2.32. The molecule has 0 amide bonds. The van der Waals surface area contributed by atoms with E-state index < -0.39 is 36.4 Å². The summed E-state index contributed by atoms with van der Waals surface area (Å²) in [6, 6.07) is 13.6. The fourth-order valence-corrected chi connectivity index (χ4v) is 3.67. The Morgan fingerprint density at radius 2 is 1.57 bits per heavy atom. The molecule has 9 nitrogen and oxygen atoms in total. The maximum Gasteiger partial charge on any atom is 0.336 e. The van der Waals surface area contributed by atoms with Crippen LogP contribution in [0.5, 0.6) is 0 Å². The summed E-state index contributed by atoms with van der Waals surface area (Å²) >= 11 is 0. The molecule has 1 aliphatic heterocycles. The number of halogens is 1. The first kappa shape index (κ1) is 27.9. The summed E-state index contributed by atoms with van der Waals surface area (Å²) in [4.78, 5) is 30.5. The molecule has 0 unspecified atom stereocenters. The summed E-state index contributed by atoms with van der Waals surface area (Å²) in [6.45, 7) is 6.48. The molecule has 2 aromatic rings. The van der Waals surface area contributed by atoms with Crippen molar-refractivity contribution in [1.82, 2.24) is 5.32 Å². The van der Waals surface area contributed by atoms with Gasteiger partial charge in [-0.05, 0) is 48.2 Å². The van der Waals surface area contributed by atoms with Gasteiger partial charge in [-0.3, -0.25) is 9.59 Å². The number of hydrogen-bond acceptors (Lipinski definition) is 6. The summed E-state index contributed by atoms with van der Waals surface area (Å²) in [5.74, 6) is -4.93. The number of hydrogen-bond donors (Lipinski definition) is 5. The first-order chi connectivity index (χ1) is 16.4. The van der Waals surface area contributed by atoms with E-state index in [1.165, 1.54) is 28.8 Å². The molecular formula is C25H30FNO8. The number of carboxylic acid groups (broad SMARTS) is 3. The lowest BCUT2D eigenvalue weighted by Crippen LogP contribution is -2.42. The minimum absolute atomic E-state index is 0.192. The second-order valence-corrected chi connectivity index (χ2v) is 8.58. The fraction of sp³-hybridized carbons (Fsp3) is 0.400. The molecule has 2 atom stereocenters. The first-order valence-electron chi connectivity index (χ1n) is 10.9. The lowest BCUT2D eigenvalue weighted by Gasteiger charge is -2.20. The van der Waals surface area contributed by atoms with Crippen LogP contribution in [0.3, 0.4) is 0 Å². The summed E-state index contributed by atoms with van der Waals surface area (Å²) in [6.07, 6.45) is -2.29. The quantitative estimate of drug-likeness (QED) is 0.356. The van der Waals surface area contributed by atoms with E-state index in [9.17, 15) is 18.8 Å². The van der Waals surface area contributed by atoms with Crippen LogP contribution in [0.1, 0.15) is 41.0 Å². The Balaban J connectivity index is 0.000000287. The minimum Gasteiger partial charge on any atom is -0.481 e. The van der Waals surface area contributed by atoms with Crippen LogP contribution in [0.15, 0.2) is 42.5 Å². The third-order valence-electron chi connectivity index (χ3n) is 5.80. The monoisotopic (exact) mass is 491 g/mol. The zero-order valence-corrected chi connectivity index (χ0v) is 19.5. The molecule has 1 saturated heterocycles. The van der Waals surface area contributed by atoms with Gasteiger partial charge in [0.2, 0.25) is 0 Å². The third kappa shape index (κ3) is 8.43. The van der Waals surface area contributed by atoms with Gasteiger partial charge in [0.15, 0.2) is 5.60 Å². The number of benzene rings is 2. The molecule has 10 heteroatoms. The second-order valence-electron chi connectivity index (χ2n) is 8.58. The predicted molar refractivity (Wildman–Crippen MR) is 124 cm³/mol. The van der Waals surface area contributed by atoms with E-state index in [1.54, 1.807) is 0 Å². The van der Waals surface area contributed by atoms with Crippen LogP contribution in [-0.2, 0) is 25.7 Å². The first-order valence-corrected chi connectivity index (χ1v) is 10.9. The summed E-state index contributed by atoms with van der Waals surface area (Å²) in [5, 5.41) is 37.4. The Morgan fingerprint density at radius 3 is 2.09 bits per heavy atom. The normalized spacial score (nSPS) is 17.4. The zero-order chi connectivity index (χ0) is 26.2.